The molecule has 2 fully saturated rings. The molecule has 1 aliphatic carbocycles. The van der Waals surface area contributed by atoms with Gasteiger partial charge in [-0.2, -0.15) is 0 Å². The Hall–Kier alpha value is -0.940. The molecule has 1 saturated heterocycles. The second-order valence-corrected chi connectivity index (χ2v) is 7.00. The maximum Gasteiger partial charge on any atom is 0.263 e. The summed E-state index contributed by atoms with van der Waals surface area (Å²) < 4.78 is 0. The number of hydrogen-bond acceptors (Lipinski definition) is 4. The Balaban J connectivity index is 1.67. The number of nitrogens with one attached hydrogen (secondary N) is 2. The maximum atomic E-state index is 12.4. The predicted molar refractivity (Wildman–Crippen MR) is 81.4 cm³/mol. The smallest absolute Gasteiger partial charge is 0.263 e. The zero-order chi connectivity index (χ0) is 13.9. The zero-order valence-corrected chi connectivity index (χ0v) is 12.9. The molecular formula is C15H23N3OS. The van der Waals surface area contributed by atoms with Gasteiger partial charge >= 0.3 is 0 Å². The highest BCUT2D eigenvalue weighted by molar-refractivity contribution is 7.13. The highest BCUT2D eigenvalue weighted by atomic mass is 32.1. The number of carbonyl (C=O) groups excluding carboxylic acids is 1. The van der Waals surface area contributed by atoms with Gasteiger partial charge in [-0.05, 0) is 39.2 Å². The molecule has 1 unspecified atom stereocenters. The van der Waals surface area contributed by atoms with E-state index in [9.17, 15) is 4.79 Å². The van der Waals surface area contributed by atoms with Gasteiger partial charge in [0.1, 0.15) is 4.88 Å². The Kier molecular flexibility index (Phi) is 4.36. The number of thiazole rings is 1. The summed E-state index contributed by atoms with van der Waals surface area (Å²) in [5.74, 6) is 0.662. The molecule has 20 heavy (non-hydrogen) atoms. The van der Waals surface area contributed by atoms with Crippen LogP contribution in [0, 0.1) is 6.92 Å². The van der Waals surface area contributed by atoms with Crippen molar-refractivity contribution in [2.75, 3.05) is 13.1 Å². The molecule has 0 aromatic carbocycles. The number of amides is 1. The van der Waals surface area contributed by atoms with Crippen molar-refractivity contribution in [3.05, 3.63) is 15.6 Å². The largest absolute Gasteiger partial charge is 0.347 e. The summed E-state index contributed by atoms with van der Waals surface area (Å²) >= 11 is 1.61. The highest BCUT2D eigenvalue weighted by Crippen LogP contribution is 2.37. The third-order valence-electron chi connectivity index (χ3n) is 4.36. The quantitative estimate of drug-likeness (QED) is 0.900. The van der Waals surface area contributed by atoms with Crippen molar-refractivity contribution in [3.63, 3.8) is 0 Å². The molecule has 5 heteroatoms. The average Bonchev–Trinajstić information content (AvgIpc) is 3.08. The molecule has 0 spiro atoms. The molecule has 1 aliphatic heterocycles. The van der Waals surface area contributed by atoms with Crippen LogP contribution in [0.3, 0.4) is 0 Å². The van der Waals surface area contributed by atoms with Crippen molar-refractivity contribution < 1.29 is 4.79 Å². The number of aryl methyl sites for hydroxylation is 1. The van der Waals surface area contributed by atoms with Crippen molar-refractivity contribution in [3.8, 4) is 0 Å². The molecule has 4 nitrogen and oxygen atoms in total. The van der Waals surface area contributed by atoms with E-state index in [-0.39, 0.29) is 11.9 Å². The minimum absolute atomic E-state index is 0.0675. The van der Waals surface area contributed by atoms with Crippen LogP contribution < -0.4 is 10.6 Å². The van der Waals surface area contributed by atoms with Gasteiger partial charge in [-0.1, -0.05) is 12.8 Å². The second kappa shape index (κ2) is 6.22. The van der Waals surface area contributed by atoms with Crippen molar-refractivity contribution in [2.24, 2.45) is 0 Å². The monoisotopic (exact) mass is 293 g/mol. The molecule has 2 aliphatic rings. The summed E-state index contributed by atoms with van der Waals surface area (Å²) in [5, 5.41) is 7.65. The van der Waals surface area contributed by atoms with Crippen LogP contribution in [-0.2, 0) is 0 Å². The Morgan fingerprint density at radius 2 is 2.10 bits per heavy atom. The van der Waals surface area contributed by atoms with Crippen molar-refractivity contribution in [1.82, 2.24) is 15.6 Å². The predicted octanol–water partition coefficient (Wildman–Crippen LogP) is 2.59. The SMILES string of the molecule is Cc1nc(C2CCCC2)sc1C(=O)NC1CCCNC1. The number of piperidine rings is 1. The van der Waals surface area contributed by atoms with Crippen LogP contribution in [0.4, 0.5) is 0 Å². The normalized spacial score (nSPS) is 23.9. The van der Waals surface area contributed by atoms with Gasteiger partial charge in [0.2, 0.25) is 0 Å². The van der Waals surface area contributed by atoms with E-state index in [4.69, 9.17) is 0 Å². The Morgan fingerprint density at radius 3 is 2.80 bits per heavy atom. The van der Waals surface area contributed by atoms with Gasteiger partial charge in [0, 0.05) is 18.5 Å². The van der Waals surface area contributed by atoms with E-state index in [2.05, 4.69) is 15.6 Å². The van der Waals surface area contributed by atoms with Crippen molar-refractivity contribution >= 4 is 17.2 Å². The molecular weight excluding hydrogens is 270 g/mol. The minimum Gasteiger partial charge on any atom is -0.347 e. The molecule has 0 bridgehead atoms. The van der Waals surface area contributed by atoms with E-state index in [1.807, 2.05) is 6.92 Å². The first-order chi connectivity index (χ1) is 9.74. The molecule has 1 atom stereocenters. The standard InChI is InChI=1S/C15H23N3OS/c1-10-13(14(19)18-12-7-4-8-16-9-12)20-15(17-10)11-5-2-3-6-11/h11-12,16H,2-9H2,1H3,(H,18,19). The van der Waals surface area contributed by atoms with E-state index in [1.54, 1.807) is 11.3 Å². The molecule has 2 N–H and O–H groups in total. The second-order valence-electron chi connectivity index (χ2n) is 5.96. The number of aromatic nitrogens is 1. The topological polar surface area (TPSA) is 54.0 Å². The lowest BCUT2D eigenvalue weighted by atomic mass is 10.1. The summed E-state index contributed by atoms with van der Waals surface area (Å²) in [5.41, 5.74) is 0.901. The summed E-state index contributed by atoms with van der Waals surface area (Å²) in [6.45, 7) is 3.92. The zero-order valence-electron chi connectivity index (χ0n) is 12.1. The fraction of sp³-hybridized carbons (Fsp3) is 0.733. The summed E-state index contributed by atoms with van der Waals surface area (Å²) in [6, 6.07) is 0.271. The van der Waals surface area contributed by atoms with Crippen LogP contribution in [0.25, 0.3) is 0 Å². The van der Waals surface area contributed by atoms with Crippen LogP contribution in [0.1, 0.15) is 64.8 Å². The minimum atomic E-state index is 0.0675. The molecule has 1 aromatic rings. The van der Waals surface area contributed by atoms with E-state index in [1.165, 1.54) is 30.7 Å². The molecule has 1 saturated carbocycles. The Morgan fingerprint density at radius 1 is 1.30 bits per heavy atom. The van der Waals surface area contributed by atoms with Gasteiger partial charge in [-0.3, -0.25) is 4.79 Å². The van der Waals surface area contributed by atoms with E-state index in [0.29, 0.717) is 5.92 Å². The summed E-state index contributed by atoms with van der Waals surface area (Å²) in [7, 11) is 0. The highest BCUT2D eigenvalue weighted by Gasteiger charge is 2.25. The first-order valence-corrected chi connectivity index (χ1v) is 8.54. The first-order valence-electron chi connectivity index (χ1n) is 7.73. The average molecular weight is 293 g/mol. The first kappa shape index (κ1) is 14.0. The third kappa shape index (κ3) is 3.04. The number of carbonyl (C=O) groups is 1. The van der Waals surface area contributed by atoms with Gasteiger partial charge in [0.25, 0.3) is 5.91 Å². The van der Waals surface area contributed by atoms with Crippen LogP contribution >= 0.6 is 11.3 Å². The maximum absolute atomic E-state index is 12.4. The van der Waals surface area contributed by atoms with Gasteiger partial charge < -0.3 is 10.6 Å². The van der Waals surface area contributed by atoms with Gasteiger partial charge in [-0.25, -0.2) is 4.98 Å². The Labute approximate surface area is 124 Å². The lowest BCUT2D eigenvalue weighted by Gasteiger charge is -2.23. The van der Waals surface area contributed by atoms with Crippen molar-refractivity contribution in [1.29, 1.82) is 0 Å². The summed E-state index contributed by atoms with van der Waals surface area (Å²) in [6.07, 6.45) is 7.30. The van der Waals surface area contributed by atoms with Crippen LogP contribution in [0.5, 0.6) is 0 Å². The third-order valence-corrected chi connectivity index (χ3v) is 5.67. The fourth-order valence-corrected chi connectivity index (χ4v) is 4.34. The Bertz CT molecular complexity index is 473. The van der Waals surface area contributed by atoms with Gasteiger partial charge in [-0.15, -0.1) is 11.3 Å². The van der Waals surface area contributed by atoms with E-state index < -0.39 is 0 Å². The van der Waals surface area contributed by atoms with Gasteiger partial charge in [0.15, 0.2) is 0 Å². The van der Waals surface area contributed by atoms with Crippen LogP contribution in [0.15, 0.2) is 0 Å². The van der Waals surface area contributed by atoms with E-state index in [0.717, 1.165) is 36.5 Å². The van der Waals surface area contributed by atoms with E-state index >= 15 is 0 Å². The molecule has 2 heterocycles. The molecule has 3 rings (SSSR count). The fourth-order valence-electron chi connectivity index (χ4n) is 3.20. The molecule has 110 valence electrons. The lowest BCUT2D eigenvalue weighted by Crippen LogP contribution is -2.45. The lowest BCUT2D eigenvalue weighted by molar-refractivity contribution is 0.0934. The van der Waals surface area contributed by atoms with Gasteiger partial charge in [0.05, 0.1) is 10.7 Å². The molecule has 1 aromatic heterocycles. The molecule has 1 amide bonds. The van der Waals surface area contributed by atoms with Crippen molar-refractivity contribution in [2.45, 2.75) is 57.4 Å². The number of hydrogen-bond donors (Lipinski definition) is 2. The number of rotatable bonds is 3. The molecule has 0 radical (unpaired) electrons. The number of nitrogens with zero attached hydrogens (tertiary/aromatic N) is 1. The van der Waals surface area contributed by atoms with Crippen LogP contribution in [-0.4, -0.2) is 30.0 Å². The summed E-state index contributed by atoms with van der Waals surface area (Å²) in [4.78, 5) is 17.9. The van der Waals surface area contributed by atoms with Crippen LogP contribution in [0.2, 0.25) is 0 Å².